The van der Waals surface area contributed by atoms with E-state index >= 15 is 0 Å². The van der Waals surface area contributed by atoms with Crippen LogP contribution in [-0.2, 0) is 19.6 Å². The highest BCUT2D eigenvalue weighted by Gasteiger charge is 2.37. The zero-order valence-corrected chi connectivity index (χ0v) is 13.3. The average Bonchev–Trinajstić information content (AvgIpc) is 2.96. The first-order valence-corrected chi connectivity index (χ1v) is 8.68. The van der Waals surface area contributed by atoms with Gasteiger partial charge >= 0.3 is 0 Å². The van der Waals surface area contributed by atoms with Crippen LogP contribution in [0.1, 0.15) is 33.1 Å². The molecule has 1 fully saturated rings. The number of ketones is 1. The molecule has 1 atom stereocenters. The second-order valence-corrected chi connectivity index (χ2v) is 7.91. The molecule has 1 amide bonds. The number of carbonyl (C=O) groups is 2. The normalized spacial score (nSPS) is 19.6. The highest BCUT2D eigenvalue weighted by molar-refractivity contribution is 7.91. The molecule has 2 rings (SSSR count). The van der Waals surface area contributed by atoms with Crippen LogP contribution in [0.25, 0.3) is 0 Å². The van der Waals surface area contributed by atoms with Gasteiger partial charge < -0.3 is 5.32 Å². The number of nitrogens with zero attached hydrogens (tertiary/aromatic N) is 3. The number of nitrogens with one attached hydrogen (secondary N) is 1. The van der Waals surface area contributed by atoms with E-state index in [1.807, 2.05) is 0 Å². The lowest BCUT2D eigenvalue weighted by Gasteiger charge is -2.21. The van der Waals surface area contributed by atoms with Gasteiger partial charge in [-0.15, -0.1) is 10.2 Å². The fourth-order valence-electron chi connectivity index (χ4n) is 2.28. The minimum Gasteiger partial charge on any atom is -0.301 e. The van der Waals surface area contributed by atoms with E-state index in [1.54, 1.807) is 0 Å². The molecule has 116 valence electrons. The number of aromatic nitrogens is 2. The van der Waals surface area contributed by atoms with Gasteiger partial charge in [0.2, 0.25) is 15.4 Å². The molecule has 1 N–H and O–H groups in total. The lowest BCUT2D eigenvalue weighted by Crippen LogP contribution is -2.36. The molecular weight excluding hydrogens is 316 g/mol. The standard InChI is InChI=1S/C11H16N4O4S2/c1-7(16)6-9-4-3-5-15(9)21(18,19)11-14-13-10(20-11)12-8(2)17/h9H,3-6H2,1-2H3,(H,12,13,17). The summed E-state index contributed by atoms with van der Waals surface area (Å²) in [4.78, 5) is 22.2. The molecule has 21 heavy (non-hydrogen) atoms. The summed E-state index contributed by atoms with van der Waals surface area (Å²) in [7, 11) is -3.77. The Hall–Kier alpha value is -1.39. The summed E-state index contributed by atoms with van der Waals surface area (Å²) in [6.07, 6.45) is 1.58. The van der Waals surface area contributed by atoms with Crippen molar-refractivity contribution in [1.82, 2.24) is 14.5 Å². The number of sulfonamides is 1. The summed E-state index contributed by atoms with van der Waals surface area (Å²) in [5.74, 6) is -0.385. The van der Waals surface area contributed by atoms with Crippen molar-refractivity contribution in [2.24, 2.45) is 0 Å². The van der Waals surface area contributed by atoms with Crippen molar-refractivity contribution < 1.29 is 18.0 Å². The summed E-state index contributed by atoms with van der Waals surface area (Å²) in [6, 6.07) is -0.319. The molecule has 0 spiro atoms. The second kappa shape index (κ2) is 6.16. The minimum atomic E-state index is -3.77. The Morgan fingerprint density at radius 3 is 2.71 bits per heavy atom. The van der Waals surface area contributed by atoms with Gasteiger partial charge in [-0.3, -0.25) is 9.59 Å². The van der Waals surface area contributed by atoms with Crippen molar-refractivity contribution >= 4 is 38.2 Å². The Morgan fingerprint density at radius 1 is 1.38 bits per heavy atom. The van der Waals surface area contributed by atoms with E-state index in [0.717, 1.165) is 11.3 Å². The van der Waals surface area contributed by atoms with Crippen LogP contribution in [0.3, 0.4) is 0 Å². The van der Waals surface area contributed by atoms with E-state index < -0.39 is 10.0 Å². The van der Waals surface area contributed by atoms with E-state index in [0.29, 0.717) is 19.4 Å². The fourth-order valence-corrected chi connectivity index (χ4v) is 5.03. The Kier molecular flexibility index (Phi) is 4.69. The van der Waals surface area contributed by atoms with Crippen molar-refractivity contribution in [2.45, 2.75) is 43.5 Å². The first-order chi connectivity index (χ1) is 9.80. The van der Waals surface area contributed by atoms with Gasteiger partial charge in [-0.05, 0) is 19.8 Å². The van der Waals surface area contributed by atoms with Gasteiger partial charge in [0, 0.05) is 25.9 Å². The van der Waals surface area contributed by atoms with Gasteiger partial charge in [0.15, 0.2) is 0 Å². The van der Waals surface area contributed by atoms with Crippen LogP contribution < -0.4 is 5.32 Å². The maximum absolute atomic E-state index is 12.5. The van der Waals surface area contributed by atoms with Crippen molar-refractivity contribution in [3.63, 3.8) is 0 Å². The molecule has 1 aromatic heterocycles. The van der Waals surface area contributed by atoms with Crippen molar-refractivity contribution in [3.8, 4) is 0 Å². The molecule has 1 aromatic rings. The zero-order chi connectivity index (χ0) is 15.6. The van der Waals surface area contributed by atoms with E-state index in [9.17, 15) is 18.0 Å². The smallest absolute Gasteiger partial charge is 0.272 e. The third-order valence-corrected chi connectivity index (χ3v) is 6.20. The number of hydrogen-bond donors (Lipinski definition) is 1. The van der Waals surface area contributed by atoms with E-state index in [1.165, 1.54) is 18.2 Å². The lowest BCUT2D eigenvalue weighted by molar-refractivity contribution is -0.117. The van der Waals surface area contributed by atoms with Crippen molar-refractivity contribution in [3.05, 3.63) is 0 Å². The predicted octanol–water partition coefficient (Wildman–Crippen LogP) is 0.629. The van der Waals surface area contributed by atoms with Gasteiger partial charge in [-0.2, -0.15) is 4.31 Å². The maximum Gasteiger partial charge on any atom is 0.272 e. The Labute approximate surface area is 126 Å². The van der Waals surface area contributed by atoms with E-state index in [-0.39, 0.29) is 33.6 Å². The third kappa shape index (κ3) is 3.63. The molecule has 1 unspecified atom stereocenters. The molecule has 8 nitrogen and oxygen atoms in total. The highest BCUT2D eigenvalue weighted by atomic mass is 32.2. The number of hydrogen-bond acceptors (Lipinski definition) is 7. The monoisotopic (exact) mass is 332 g/mol. The molecule has 0 aliphatic carbocycles. The summed E-state index contributed by atoms with van der Waals surface area (Å²) in [5.41, 5.74) is 0. The van der Waals surface area contributed by atoms with Gasteiger partial charge in [0.25, 0.3) is 10.0 Å². The minimum absolute atomic E-state index is 0.0432. The van der Waals surface area contributed by atoms with Crippen molar-refractivity contribution in [2.75, 3.05) is 11.9 Å². The van der Waals surface area contributed by atoms with Crippen LogP contribution in [0.5, 0.6) is 0 Å². The predicted molar refractivity (Wildman–Crippen MR) is 76.4 cm³/mol. The molecule has 1 saturated heterocycles. The number of Topliss-reactive ketones (excluding diaryl/α,β-unsaturated/α-hetero) is 1. The Bertz CT molecular complexity index is 655. The highest BCUT2D eigenvalue weighted by Crippen LogP contribution is 2.30. The number of carbonyl (C=O) groups excluding carboxylic acids is 2. The molecule has 2 heterocycles. The Morgan fingerprint density at radius 2 is 2.10 bits per heavy atom. The van der Waals surface area contributed by atoms with Crippen LogP contribution in [0.2, 0.25) is 0 Å². The fraction of sp³-hybridized carbons (Fsp3) is 0.636. The molecular formula is C11H16N4O4S2. The van der Waals surface area contributed by atoms with Crippen LogP contribution in [0.15, 0.2) is 4.34 Å². The Balaban J connectivity index is 2.22. The van der Waals surface area contributed by atoms with Crippen LogP contribution in [0.4, 0.5) is 5.13 Å². The van der Waals surface area contributed by atoms with Gasteiger partial charge in [-0.1, -0.05) is 11.3 Å². The number of amides is 1. The largest absolute Gasteiger partial charge is 0.301 e. The maximum atomic E-state index is 12.5. The van der Waals surface area contributed by atoms with Crippen LogP contribution in [-0.4, -0.2) is 47.2 Å². The summed E-state index contributed by atoms with van der Waals surface area (Å²) in [5, 5.41) is 9.82. The summed E-state index contributed by atoms with van der Waals surface area (Å²) >= 11 is 0.807. The SMILES string of the molecule is CC(=O)CC1CCCN1S(=O)(=O)c1nnc(NC(C)=O)s1. The zero-order valence-electron chi connectivity index (χ0n) is 11.7. The molecule has 0 bridgehead atoms. The average molecular weight is 332 g/mol. The first-order valence-electron chi connectivity index (χ1n) is 6.43. The lowest BCUT2D eigenvalue weighted by atomic mass is 10.1. The molecule has 1 aliphatic rings. The molecule has 0 radical (unpaired) electrons. The molecule has 1 aliphatic heterocycles. The molecule has 10 heteroatoms. The molecule has 0 saturated carbocycles. The van der Waals surface area contributed by atoms with Gasteiger partial charge in [0.1, 0.15) is 5.78 Å². The van der Waals surface area contributed by atoms with E-state index in [2.05, 4.69) is 15.5 Å². The third-order valence-electron chi connectivity index (χ3n) is 3.07. The summed E-state index contributed by atoms with van der Waals surface area (Å²) < 4.78 is 26.2. The van der Waals surface area contributed by atoms with Crippen molar-refractivity contribution in [1.29, 1.82) is 0 Å². The summed E-state index contributed by atoms with van der Waals surface area (Å²) in [6.45, 7) is 3.12. The van der Waals surface area contributed by atoms with Gasteiger partial charge in [0.05, 0.1) is 0 Å². The quantitative estimate of drug-likeness (QED) is 0.792. The van der Waals surface area contributed by atoms with Gasteiger partial charge in [-0.25, -0.2) is 8.42 Å². The first kappa shape index (κ1) is 16.0. The van der Waals surface area contributed by atoms with E-state index in [4.69, 9.17) is 0 Å². The second-order valence-electron chi connectivity index (χ2n) is 4.87. The number of anilines is 1. The van der Waals surface area contributed by atoms with Crippen LogP contribution >= 0.6 is 11.3 Å². The topological polar surface area (TPSA) is 109 Å². The molecule has 0 aromatic carbocycles. The number of rotatable bonds is 5. The van der Waals surface area contributed by atoms with Crippen LogP contribution in [0, 0.1) is 0 Å².